The van der Waals surface area contributed by atoms with Gasteiger partial charge in [-0.1, -0.05) is 0 Å². The summed E-state index contributed by atoms with van der Waals surface area (Å²) in [5.41, 5.74) is 15.3. The molecule has 7 N–H and O–H groups in total. The maximum absolute atomic E-state index is 14.0. The van der Waals surface area contributed by atoms with E-state index in [1.807, 2.05) is 0 Å². The minimum atomic E-state index is -0.908. The Morgan fingerprint density at radius 2 is 2.04 bits per heavy atom. The monoisotopic (exact) mass is 317 g/mol. The molecule has 0 spiro atoms. The van der Waals surface area contributed by atoms with Gasteiger partial charge in [0.2, 0.25) is 0 Å². The van der Waals surface area contributed by atoms with E-state index in [9.17, 15) is 8.78 Å². The standard InChI is InChI=1S/C14H13F2N7/c15-8-4-9(16)14(18)21-13(8)11-6-20-12-3-7(1-2-23(11)12)10(5-17)22-19/h1-6,22H,17,19H2,(H2,18,21)/b10-5-. The van der Waals surface area contributed by atoms with Gasteiger partial charge in [-0.05, 0) is 12.1 Å². The van der Waals surface area contributed by atoms with Crippen molar-refractivity contribution in [2.75, 3.05) is 5.73 Å². The third-order valence-corrected chi connectivity index (χ3v) is 3.35. The molecule has 3 aromatic rings. The molecule has 0 saturated heterocycles. The van der Waals surface area contributed by atoms with E-state index in [1.165, 1.54) is 12.4 Å². The van der Waals surface area contributed by atoms with Gasteiger partial charge in [-0.3, -0.25) is 10.2 Å². The van der Waals surface area contributed by atoms with Crippen LogP contribution in [0.5, 0.6) is 0 Å². The second-order valence-electron chi connectivity index (χ2n) is 4.70. The number of halogens is 2. The summed E-state index contributed by atoms with van der Waals surface area (Å²) < 4.78 is 28.8. The summed E-state index contributed by atoms with van der Waals surface area (Å²) in [6.07, 6.45) is 4.38. The van der Waals surface area contributed by atoms with Crippen molar-refractivity contribution in [3.63, 3.8) is 0 Å². The zero-order valence-electron chi connectivity index (χ0n) is 11.8. The van der Waals surface area contributed by atoms with E-state index in [4.69, 9.17) is 17.3 Å². The smallest absolute Gasteiger partial charge is 0.168 e. The Bertz CT molecular complexity index is 917. The first-order valence-corrected chi connectivity index (χ1v) is 6.53. The lowest BCUT2D eigenvalue weighted by atomic mass is 10.2. The molecule has 0 unspecified atom stereocenters. The highest BCUT2D eigenvalue weighted by Crippen LogP contribution is 2.25. The van der Waals surface area contributed by atoms with Crippen molar-refractivity contribution in [1.82, 2.24) is 19.8 Å². The van der Waals surface area contributed by atoms with Crippen LogP contribution in [0.4, 0.5) is 14.6 Å². The van der Waals surface area contributed by atoms with Crippen LogP contribution in [-0.2, 0) is 0 Å². The fourth-order valence-corrected chi connectivity index (χ4v) is 2.21. The van der Waals surface area contributed by atoms with Crippen molar-refractivity contribution in [2.45, 2.75) is 0 Å². The fourth-order valence-electron chi connectivity index (χ4n) is 2.21. The SMILES string of the molecule is N/C=C(\NN)c1ccn2c(-c3nc(N)c(F)cc3F)cnc2c1. The maximum Gasteiger partial charge on any atom is 0.168 e. The summed E-state index contributed by atoms with van der Waals surface area (Å²) in [6.45, 7) is 0. The van der Waals surface area contributed by atoms with E-state index in [-0.39, 0.29) is 11.5 Å². The first-order chi connectivity index (χ1) is 11.0. The molecular formula is C14H13F2N7. The van der Waals surface area contributed by atoms with Crippen molar-refractivity contribution < 1.29 is 8.78 Å². The molecule has 9 heteroatoms. The molecule has 7 nitrogen and oxygen atoms in total. The molecule has 3 aromatic heterocycles. The van der Waals surface area contributed by atoms with E-state index in [0.717, 1.165) is 0 Å². The summed E-state index contributed by atoms with van der Waals surface area (Å²) >= 11 is 0. The van der Waals surface area contributed by atoms with E-state index in [1.54, 1.807) is 22.7 Å². The van der Waals surface area contributed by atoms with Crippen molar-refractivity contribution >= 4 is 17.2 Å². The van der Waals surface area contributed by atoms with Crippen LogP contribution < -0.4 is 22.7 Å². The summed E-state index contributed by atoms with van der Waals surface area (Å²) in [5.74, 6) is 3.26. The Morgan fingerprint density at radius 3 is 2.74 bits per heavy atom. The van der Waals surface area contributed by atoms with Gasteiger partial charge in [0.25, 0.3) is 0 Å². The Labute approximate surface area is 129 Å². The van der Waals surface area contributed by atoms with Crippen LogP contribution in [-0.4, -0.2) is 14.4 Å². The van der Waals surface area contributed by atoms with Crippen LogP contribution in [0.3, 0.4) is 0 Å². The maximum atomic E-state index is 14.0. The molecule has 0 aliphatic rings. The number of pyridine rings is 2. The fraction of sp³-hybridized carbons (Fsp3) is 0. The zero-order chi connectivity index (χ0) is 16.6. The van der Waals surface area contributed by atoms with Crippen LogP contribution in [0.15, 0.2) is 36.8 Å². The average Bonchev–Trinajstić information content (AvgIpc) is 2.95. The highest BCUT2D eigenvalue weighted by atomic mass is 19.1. The van der Waals surface area contributed by atoms with Crippen LogP contribution in [0.2, 0.25) is 0 Å². The summed E-state index contributed by atoms with van der Waals surface area (Å²) in [7, 11) is 0. The lowest BCUT2D eigenvalue weighted by Gasteiger charge is -2.08. The topological polar surface area (TPSA) is 120 Å². The van der Waals surface area contributed by atoms with E-state index in [2.05, 4.69) is 15.4 Å². The Hall–Kier alpha value is -3.20. The summed E-state index contributed by atoms with van der Waals surface area (Å²) in [6, 6.07) is 4.10. The highest BCUT2D eigenvalue weighted by molar-refractivity contribution is 5.69. The predicted octanol–water partition coefficient (Wildman–Crippen LogP) is 0.977. The molecule has 0 bridgehead atoms. The molecule has 0 aliphatic carbocycles. The Morgan fingerprint density at radius 1 is 1.26 bits per heavy atom. The first-order valence-electron chi connectivity index (χ1n) is 6.53. The number of nitrogens with one attached hydrogen (secondary N) is 1. The highest BCUT2D eigenvalue weighted by Gasteiger charge is 2.16. The number of hydrogen-bond donors (Lipinski definition) is 4. The molecule has 118 valence electrons. The van der Waals surface area contributed by atoms with Crippen LogP contribution in [0.1, 0.15) is 5.56 Å². The number of aromatic nitrogens is 3. The van der Waals surface area contributed by atoms with Gasteiger partial charge in [-0.2, -0.15) is 0 Å². The molecule has 3 heterocycles. The van der Waals surface area contributed by atoms with Crippen molar-refractivity contribution in [3.05, 3.63) is 54.0 Å². The van der Waals surface area contributed by atoms with E-state index in [0.29, 0.717) is 28.7 Å². The van der Waals surface area contributed by atoms with Crippen LogP contribution in [0.25, 0.3) is 22.7 Å². The number of imidazole rings is 1. The molecule has 0 aromatic carbocycles. The van der Waals surface area contributed by atoms with E-state index >= 15 is 0 Å². The largest absolute Gasteiger partial charge is 0.403 e. The number of hydrazine groups is 1. The van der Waals surface area contributed by atoms with Crippen LogP contribution in [0, 0.1) is 11.6 Å². The van der Waals surface area contributed by atoms with Crippen molar-refractivity contribution in [2.24, 2.45) is 11.6 Å². The lowest BCUT2D eigenvalue weighted by Crippen LogP contribution is -2.21. The van der Waals surface area contributed by atoms with Gasteiger partial charge in [0.15, 0.2) is 17.5 Å². The average molecular weight is 317 g/mol. The predicted molar refractivity (Wildman–Crippen MR) is 82.2 cm³/mol. The van der Waals surface area contributed by atoms with Gasteiger partial charge >= 0.3 is 0 Å². The second kappa shape index (κ2) is 5.54. The van der Waals surface area contributed by atoms with Crippen molar-refractivity contribution in [1.29, 1.82) is 0 Å². The molecule has 3 rings (SSSR count). The third kappa shape index (κ3) is 2.42. The van der Waals surface area contributed by atoms with Gasteiger partial charge in [-0.25, -0.2) is 18.7 Å². The number of nitrogens with zero attached hydrogens (tertiary/aromatic N) is 3. The molecule has 23 heavy (non-hydrogen) atoms. The Balaban J connectivity index is 2.16. The van der Waals surface area contributed by atoms with Gasteiger partial charge in [-0.15, -0.1) is 0 Å². The molecule has 0 radical (unpaired) electrons. The molecular weight excluding hydrogens is 304 g/mol. The number of anilines is 1. The normalized spacial score (nSPS) is 11.9. The van der Waals surface area contributed by atoms with Gasteiger partial charge in [0.1, 0.15) is 11.3 Å². The molecule has 0 atom stereocenters. The number of nitrogen functional groups attached to an aromatic ring is 1. The minimum absolute atomic E-state index is 0.0873. The van der Waals surface area contributed by atoms with Gasteiger partial charge in [0, 0.05) is 24.0 Å². The van der Waals surface area contributed by atoms with Crippen molar-refractivity contribution in [3.8, 4) is 11.4 Å². The second-order valence-corrected chi connectivity index (χ2v) is 4.70. The van der Waals surface area contributed by atoms with E-state index < -0.39 is 11.6 Å². The van der Waals surface area contributed by atoms with Gasteiger partial charge in [0.05, 0.1) is 17.6 Å². The number of hydrogen-bond acceptors (Lipinski definition) is 6. The minimum Gasteiger partial charge on any atom is -0.403 e. The quantitative estimate of drug-likeness (QED) is 0.422. The number of rotatable bonds is 3. The molecule has 0 aliphatic heterocycles. The number of nitrogens with two attached hydrogens (primary N) is 3. The summed E-state index contributed by atoms with van der Waals surface area (Å²) in [4.78, 5) is 7.94. The molecule has 0 amide bonds. The summed E-state index contributed by atoms with van der Waals surface area (Å²) in [5, 5.41) is 0. The van der Waals surface area contributed by atoms with Gasteiger partial charge < -0.3 is 16.9 Å². The first kappa shape index (κ1) is 14.7. The zero-order valence-corrected chi connectivity index (χ0v) is 11.8. The lowest BCUT2D eigenvalue weighted by molar-refractivity contribution is 0.579. The Kier molecular flexibility index (Phi) is 3.54. The number of fused-ring (bicyclic) bond motifs is 1. The third-order valence-electron chi connectivity index (χ3n) is 3.35. The molecule has 0 fully saturated rings. The van der Waals surface area contributed by atoms with Crippen LogP contribution >= 0.6 is 0 Å². The molecule has 0 saturated carbocycles.